The highest BCUT2D eigenvalue weighted by Gasteiger charge is 2.33. The summed E-state index contributed by atoms with van der Waals surface area (Å²) in [5.41, 5.74) is 0. The summed E-state index contributed by atoms with van der Waals surface area (Å²) >= 11 is 1.83. The van der Waals surface area contributed by atoms with Crippen molar-refractivity contribution in [1.82, 2.24) is 0 Å². The maximum atomic E-state index is 9.63. The van der Waals surface area contributed by atoms with Crippen LogP contribution >= 0.6 is 11.8 Å². The van der Waals surface area contributed by atoms with E-state index in [4.69, 9.17) is 0 Å². The van der Waals surface area contributed by atoms with Gasteiger partial charge in [-0.2, -0.15) is 0 Å². The van der Waals surface area contributed by atoms with Gasteiger partial charge in [-0.15, -0.1) is 11.8 Å². The molecule has 2 nitrogen and oxygen atoms in total. The van der Waals surface area contributed by atoms with Crippen molar-refractivity contribution in [3.8, 4) is 0 Å². The second-order valence-electron chi connectivity index (χ2n) is 4.21. The van der Waals surface area contributed by atoms with Gasteiger partial charge in [0.05, 0.1) is 12.2 Å². The molecule has 0 radical (unpaired) electrons. The molecule has 0 aromatic carbocycles. The molecular weight excluding hydrogens is 184 g/mol. The van der Waals surface area contributed by atoms with Gasteiger partial charge in [-0.3, -0.25) is 0 Å². The Bertz CT molecular complexity index is 156. The molecule has 13 heavy (non-hydrogen) atoms. The minimum absolute atomic E-state index is 0.113. The molecule has 0 heterocycles. The van der Waals surface area contributed by atoms with Crippen LogP contribution in [0.25, 0.3) is 0 Å². The summed E-state index contributed by atoms with van der Waals surface area (Å²) in [7, 11) is 0. The molecule has 76 valence electrons. The third-order valence-corrected chi connectivity index (χ3v) is 4.98. The Labute approximate surface area is 83.7 Å². The molecule has 2 fully saturated rings. The van der Waals surface area contributed by atoms with Crippen molar-refractivity contribution >= 4 is 11.8 Å². The molecule has 2 saturated carbocycles. The molecule has 4 atom stereocenters. The van der Waals surface area contributed by atoms with E-state index < -0.39 is 0 Å². The summed E-state index contributed by atoms with van der Waals surface area (Å²) in [5.74, 6) is 0. The first-order valence-electron chi connectivity index (χ1n) is 5.29. The van der Waals surface area contributed by atoms with Gasteiger partial charge in [0.1, 0.15) is 0 Å². The zero-order chi connectivity index (χ0) is 9.26. The van der Waals surface area contributed by atoms with Gasteiger partial charge in [-0.05, 0) is 38.5 Å². The monoisotopic (exact) mass is 202 g/mol. The maximum Gasteiger partial charge on any atom is 0.0658 e. The number of aliphatic hydroxyl groups excluding tert-OH is 2. The van der Waals surface area contributed by atoms with Gasteiger partial charge in [-0.25, -0.2) is 0 Å². The van der Waals surface area contributed by atoms with Gasteiger partial charge in [0.15, 0.2) is 0 Å². The second-order valence-corrected chi connectivity index (χ2v) is 5.69. The molecule has 0 aliphatic heterocycles. The predicted molar refractivity (Wildman–Crippen MR) is 54.9 cm³/mol. The maximum absolute atomic E-state index is 9.63. The van der Waals surface area contributed by atoms with Crippen molar-refractivity contribution in [2.24, 2.45) is 0 Å². The van der Waals surface area contributed by atoms with Crippen molar-refractivity contribution in [3.63, 3.8) is 0 Å². The molecule has 2 aliphatic carbocycles. The van der Waals surface area contributed by atoms with E-state index in [1.54, 1.807) is 0 Å². The lowest BCUT2D eigenvalue weighted by atomic mass is 10.3. The zero-order valence-electron chi connectivity index (χ0n) is 7.85. The largest absolute Gasteiger partial charge is 0.392 e. The first kappa shape index (κ1) is 9.81. The fourth-order valence-electron chi connectivity index (χ4n) is 2.35. The highest BCUT2D eigenvalue weighted by atomic mass is 32.2. The molecule has 2 N–H and O–H groups in total. The topological polar surface area (TPSA) is 40.5 Å². The van der Waals surface area contributed by atoms with Gasteiger partial charge in [0.2, 0.25) is 0 Å². The second kappa shape index (κ2) is 4.20. The number of hydrogen-bond donors (Lipinski definition) is 2. The van der Waals surface area contributed by atoms with Gasteiger partial charge >= 0.3 is 0 Å². The van der Waals surface area contributed by atoms with Crippen LogP contribution in [-0.2, 0) is 0 Å². The first-order valence-corrected chi connectivity index (χ1v) is 6.23. The van der Waals surface area contributed by atoms with E-state index in [2.05, 4.69) is 0 Å². The molecule has 3 heteroatoms. The standard InChI is InChI=1S/C10H18O2S/c11-7-3-1-5-9(7)13-10-6-2-4-8(10)12/h7-12H,1-6H2/t7-,8-,9-,10-/m1/s1. The summed E-state index contributed by atoms with van der Waals surface area (Å²) in [5, 5.41) is 20.1. The van der Waals surface area contributed by atoms with Crippen molar-refractivity contribution < 1.29 is 10.2 Å². The van der Waals surface area contributed by atoms with Gasteiger partial charge < -0.3 is 10.2 Å². The molecule has 0 aromatic rings. The lowest BCUT2D eigenvalue weighted by Crippen LogP contribution is -2.23. The minimum Gasteiger partial charge on any atom is -0.392 e. The van der Waals surface area contributed by atoms with Crippen molar-refractivity contribution in [2.75, 3.05) is 0 Å². The van der Waals surface area contributed by atoms with Crippen LogP contribution in [-0.4, -0.2) is 32.9 Å². The van der Waals surface area contributed by atoms with E-state index in [-0.39, 0.29) is 12.2 Å². The lowest BCUT2D eigenvalue weighted by Gasteiger charge is -2.20. The first-order chi connectivity index (χ1) is 6.27. The van der Waals surface area contributed by atoms with Crippen LogP contribution in [0, 0.1) is 0 Å². The number of aliphatic hydroxyl groups is 2. The number of hydrogen-bond acceptors (Lipinski definition) is 3. The summed E-state index contributed by atoms with van der Waals surface area (Å²) in [6, 6.07) is 0. The SMILES string of the molecule is O[C@@H]1CCC[C@H]1S[C@@H]1CCC[C@H]1O. The van der Waals surface area contributed by atoms with Crippen LogP contribution in [0.2, 0.25) is 0 Å². The van der Waals surface area contributed by atoms with E-state index in [1.807, 2.05) is 11.8 Å². The fourth-order valence-corrected chi connectivity index (χ4v) is 4.04. The highest BCUT2D eigenvalue weighted by molar-refractivity contribution is 8.00. The minimum atomic E-state index is -0.113. The Morgan fingerprint density at radius 2 is 1.23 bits per heavy atom. The molecule has 2 rings (SSSR count). The number of rotatable bonds is 2. The zero-order valence-corrected chi connectivity index (χ0v) is 8.67. The van der Waals surface area contributed by atoms with Crippen LogP contribution < -0.4 is 0 Å². The Hall–Kier alpha value is 0.270. The van der Waals surface area contributed by atoms with Crippen molar-refractivity contribution in [2.45, 2.75) is 61.2 Å². The van der Waals surface area contributed by atoms with E-state index in [9.17, 15) is 10.2 Å². The Balaban J connectivity index is 1.82. The third kappa shape index (κ3) is 2.20. The summed E-state index contributed by atoms with van der Waals surface area (Å²) in [6.45, 7) is 0. The van der Waals surface area contributed by atoms with E-state index in [0.717, 1.165) is 38.5 Å². The predicted octanol–water partition coefficient (Wildman–Crippen LogP) is 1.55. The van der Waals surface area contributed by atoms with E-state index >= 15 is 0 Å². The molecule has 0 saturated heterocycles. The molecular formula is C10H18O2S. The normalized spacial score (nSPS) is 45.7. The average Bonchev–Trinajstić information content (AvgIpc) is 2.65. The van der Waals surface area contributed by atoms with Crippen molar-refractivity contribution in [3.05, 3.63) is 0 Å². The van der Waals surface area contributed by atoms with Crippen LogP contribution in [0.15, 0.2) is 0 Å². The molecule has 0 amide bonds. The fraction of sp³-hybridized carbons (Fsp3) is 1.00. The smallest absolute Gasteiger partial charge is 0.0658 e. The summed E-state index contributed by atoms with van der Waals surface area (Å²) < 4.78 is 0. The Morgan fingerprint density at radius 3 is 1.54 bits per heavy atom. The van der Waals surface area contributed by atoms with E-state index in [0.29, 0.717) is 10.5 Å². The van der Waals surface area contributed by atoms with Gasteiger partial charge in [-0.1, -0.05) is 0 Å². The van der Waals surface area contributed by atoms with E-state index in [1.165, 1.54) is 0 Å². The van der Waals surface area contributed by atoms with Crippen LogP contribution in [0.5, 0.6) is 0 Å². The molecule has 0 bridgehead atoms. The third-order valence-electron chi connectivity index (χ3n) is 3.18. The van der Waals surface area contributed by atoms with Crippen LogP contribution in [0.1, 0.15) is 38.5 Å². The quantitative estimate of drug-likeness (QED) is 0.713. The Morgan fingerprint density at radius 1 is 0.769 bits per heavy atom. The van der Waals surface area contributed by atoms with Crippen LogP contribution in [0.4, 0.5) is 0 Å². The van der Waals surface area contributed by atoms with Gasteiger partial charge in [0, 0.05) is 10.5 Å². The average molecular weight is 202 g/mol. The Kier molecular flexibility index (Phi) is 3.17. The van der Waals surface area contributed by atoms with Crippen molar-refractivity contribution in [1.29, 1.82) is 0 Å². The summed E-state index contributed by atoms with van der Waals surface area (Å²) in [6.07, 6.45) is 6.27. The highest BCUT2D eigenvalue weighted by Crippen LogP contribution is 2.38. The van der Waals surface area contributed by atoms with Crippen LogP contribution in [0.3, 0.4) is 0 Å². The molecule has 0 unspecified atom stereocenters. The molecule has 0 aromatic heterocycles. The molecule has 2 aliphatic rings. The van der Waals surface area contributed by atoms with Gasteiger partial charge in [0.25, 0.3) is 0 Å². The lowest BCUT2D eigenvalue weighted by molar-refractivity contribution is 0.181. The summed E-state index contributed by atoms with van der Waals surface area (Å²) in [4.78, 5) is 0. The number of thioether (sulfide) groups is 1. The molecule has 0 spiro atoms.